The first-order valence-corrected chi connectivity index (χ1v) is 3.33. The van der Waals surface area contributed by atoms with Gasteiger partial charge in [0.15, 0.2) is 6.61 Å². The number of primary amides is 1. The molecular weight excluding hydrogens is 148 g/mol. The summed E-state index contributed by atoms with van der Waals surface area (Å²) in [6.07, 6.45) is 0.777. The predicted molar refractivity (Wildman–Crippen MR) is 38.0 cm³/mol. The van der Waals surface area contributed by atoms with Crippen LogP contribution >= 0.6 is 0 Å². The van der Waals surface area contributed by atoms with E-state index in [4.69, 9.17) is 10.5 Å². The van der Waals surface area contributed by atoms with Gasteiger partial charge in [-0.1, -0.05) is 5.16 Å². The fourth-order valence-electron chi connectivity index (χ4n) is 0.711. The van der Waals surface area contributed by atoms with Crippen LogP contribution < -0.4 is 5.73 Å². The first kappa shape index (κ1) is 8.00. The Kier molecular flexibility index (Phi) is 2.85. The standard InChI is InChI=1S/C6H10N2O3/c7-6(9)4-11-8-5-1-2-10-3-5/h1-4H2,(H2,7,9)/b8-5+. The van der Waals surface area contributed by atoms with E-state index in [0.29, 0.717) is 13.2 Å². The highest BCUT2D eigenvalue weighted by Crippen LogP contribution is 1.99. The molecule has 62 valence electrons. The monoisotopic (exact) mass is 158 g/mol. The van der Waals surface area contributed by atoms with E-state index in [2.05, 4.69) is 9.99 Å². The lowest BCUT2D eigenvalue weighted by Gasteiger charge is -1.94. The summed E-state index contributed by atoms with van der Waals surface area (Å²) in [4.78, 5) is 14.8. The summed E-state index contributed by atoms with van der Waals surface area (Å²) >= 11 is 0. The van der Waals surface area contributed by atoms with Crippen molar-refractivity contribution in [2.24, 2.45) is 10.9 Å². The molecule has 5 heteroatoms. The molecule has 1 heterocycles. The third-order valence-electron chi connectivity index (χ3n) is 1.20. The van der Waals surface area contributed by atoms with Gasteiger partial charge in [0.05, 0.1) is 18.9 Å². The van der Waals surface area contributed by atoms with E-state index in [-0.39, 0.29) is 6.61 Å². The minimum absolute atomic E-state index is 0.163. The number of ether oxygens (including phenoxy) is 1. The zero-order valence-corrected chi connectivity index (χ0v) is 6.08. The van der Waals surface area contributed by atoms with Crippen molar-refractivity contribution in [3.8, 4) is 0 Å². The number of nitrogens with zero attached hydrogens (tertiary/aromatic N) is 1. The van der Waals surface area contributed by atoms with Crippen LogP contribution in [0.5, 0.6) is 0 Å². The lowest BCUT2D eigenvalue weighted by Crippen LogP contribution is -2.17. The topological polar surface area (TPSA) is 73.9 Å². The third kappa shape index (κ3) is 2.99. The number of hydrogen-bond donors (Lipinski definition) is 1. The summed E-state index contributed by atoms with van der Waals surface area (Å²) in [5.41, 5.74) is 5.64. The Hall–Kier alpha value is -1.10. The molecule has 11 heavy (non-hydrogen) atoms. The van der Waals surface area contributed by atoms with Gasteiger partial charge < -0.3 is 15.3 Å². The SMILES string of the molecule is NC(=O)CO/N=C1\CCOC1. The molecule has 0 spiro atoms. The Balaban J connectivity index is 2.18. The molecule has 0 atom stereocenters. The molecule has 1 rings (SSSR count). The lowest BCUT2D eigenvalue weighted by molar-refractivity contribution is -0.122. The van der Waals surface area contributed by atoms with Crippen molar-refractivity contribution in [1.82, 2.24) is 0 Å². The summed E-state index contributed by atoms with van der Waals surface area (Å²) in [6, 6.07) is 0. The molecule has 1 fully saturated rings. The molecule has 0 aliphatic carbocycles. The van der Waals surface area contributed by atoms with Crippen LogP contribution in [0.3, 0.4) is 0 Å². The van der Waals surface area contributed by atoms with Gasteiger partial charge >= 0.3 is 0 Å². The Morgan fingerprint density at radius 3 is 3.18 bits per heavy atom. The van der Waals surface area contributed by atoms with Crippen LogP contribution in [0.2, 0.25) is 0 Å². The molecule has 2 N–H and O–H groups in total. The van der Waals surface area contributed by atoms with E-state index < -0.39 is 5.91 Å². The molecule has 0 bridgehead atoms. The van der Waals surface area contributed by atoms with Gasteiger partial charge in [0.25, 0.3) is 5.91 Å². The fourth-order valence-corrected chi connectivity index (χ4v) is 0.711. The second-order valence-electron chi connectivity index (χ2n) is 2.20. The Morgan fingerprint density at radius 2 is 2.64 bits per heavy atom. The molecule has 0 radical (unpaired) electrons. The van der Waals surface area contributed by atoms with Crippen molar-refractivity contribution in [1.29, 1.82) is 0 Å². The number of oxime groups is 1. The van der Waals surface area contributed by atoms with Crippen LogP contribution in [0.15, 0.2) is 5.16 Å². The molecule has 0 aromatic carbocycles. The number of carbonyl (C=O) groups is 1. The van der Waals surface area contributed by atoms with Crippen LogP contribution in [-0.2, 0) is 14.4 Å². The molecule has 0 aromatic rings. The number of amides is 1. The maximum absolute atomic E-state index is 10.2. The van der Waals surface area contributed by atoms with Gasteiger partial charge in [-0.15, -0.1) is 0 Å². The second-order valence-corrected chi connectivity index (χ2v) is 2.20. The van der Waals surface area contributed by atoms with Crippen molar-refractivity contribution in [2.75, 3.05) is 19.8 Å². The highest BCUT2D eigenvalue weighted by atomic mass is 16.6. The molecular formula is C6H10N2O3. The smallest absolute Gasteiger partial charge is 0.258 e. The molecule has 1 amide bonds. The molecule has 1 aliphatic rings. The van der Waals surface area contributed by atoms with Crippen LogP contribution in [0, 0.1) is 0 Å². The van der Waals surface area contributed by atoms with E-state index in [9.17, 15) is 4.79 Å². The average molecular weight is 158 g/mol. The number of carbonyl (C=O) groups excluding carboxylic acids is 1. The summed E-state index contributed by atoms with van der Waals surface area (Å²) in [6.45, 7) is 1.01. The Bertz CT molecular complexity index is 171. The maximum Gasteiger partial charge on any atom is 0.258 e. The molecule has 5 nitrogen and oxygen atoms in total. The van der Waals surface area contributed by atoms with Crippen molar-refractivity contribution >= 4 is 11.6 Å². The highest BCUT2D eigenvalue weighted by molar-refractivity contribution is 5.86. The molecule has 0 saturated carbocycles. The summed E-state index contributed by atoms with van der Waals surface area (Å²) < 4.78 is 4.99. The van der Waals surface area contributed by atoms with Crippen LogP contribution in [-0.4, -0.2) is 31.4 Å². The normalized spacial score (nSPS) is 20.5. The summed E-state index contributed by atoms with van der Waals surface area (Å²) in [5.74, 6) is -0.520. The zero-order valence-electron chi connectivity index (χ0n) is 6.08. The van der Waals surface area contributed by atoms with Gasteiger partial charge in [0, 0.05) is 6.42 Å². The average Bonchev–Trinajstić information content (AvgIpc) is 2.39. The Labute approximate surface area is 64.1 Å². The quantitative estimate of drug-likeness (QED) is 0.550. The van der Waals surface area contributed by atoms with Gasteiger partial charge in [-0.05, 0) is 0 Å². The van der Waals surface area contributed by atoms with Crippen LogP contribution in [0.25, 0.3) is 0 Å². The van der Waals surface area contributed by atoms with Crippen molar-refractivity contribution in [2.45, 2.75) is 6.42 Å². The maximum atomic E-state index is 10.2. The number of rotatable bonds is 3. The predicted octanol–water partition coefficient (Wildman–Crippen LogP) is -0.735. The number of hydrogen-bond acceptors (Lipinski definition) is 4. The van der Waals surface area contributed by atoms with Gasteiger partial charge in [-0.2, -0.15) is 0 Å². The van der Waals surface area contributed by atoms with E-state index in [1.54, 1.807) is 0 Å². The second kappa shape index (κ2) is 3.92. The first-order valence-electron chi connectivity index (χ1n) is 3.33. The van der Waals surface area contributed by atoms with Crippen LogP contribution in [0.4, 0.5) is 0 Å². The van der Waals surface area contributed by atoms with E-state index in [1.165, 1.54) is 0 Å². The zero-order chi connectivity index (χ0) is 8.10. The lowest BCUT2D eigenvalue weighted by atomic mass is 10.3. The van der Waals surface area contributed by atoms with Gasteiger partial charge in [0.1, 0.15) is 0 Å². The van der Waals surface area contributed by atoms with E-state index >= 15 is 0 Å². The van der Waals surface area contributed by atoms with E-state index in [0.717, 1.165) is 12.1 Å². The van der Waals surface area contributed by atoms with E-state index in [1.807, 2.05) is 0 Å². The van der Waals surface area contributed by atoms with Crippen molar-refractivity contribution in [3.63, 3.8) is 0 Å². The third-order valence-corrected chi connectivity index (χ3v) is 1.20. The molecule has 0 aromatic heterocycles. The summed E-state index contributed by atoms with van der Waals surface area (Å²) in [7, 11) is 0. The van der Waals surface area contributed by atoms with Gasteiger partial charge in [-0.3, -0.25) is 4.79 Å². The largest absolute Gasteiger partial charge is 0.386 e. The minimum atomic E-state index is -0.520. The van der Waals surface area contributed by atoms with Crippen LogP contribution in [0.1, 0.15) is 6.42 Å². The summed E-state index contributed by atoms with van der Waals surface area (Å²) in [5, 5.41) is 3.65. The van der Waals surface area contributed by atoms with Crippen molar-refractivity contribution in [3.05, 3.63) is 0 Å². The first-order chi connectivity index (χ1) is 5.29. The molecule has 1 saturated heterocycles. The van der Waals surface area contributed by atoms with Gasteiger partial charge in [0.2, 0.25) is 0 Å². The van der Waals surface area contributed by atoms with Gasteiger partial charge in [-0.25, -0.2) is 0 Å². The highest BCUT2D eigenvalue weighted by Gasteiger charge is 2.08. The minimum Gasteiger partial charge on any atom is -0.386 e. The molecule has 1 aliphatic heterocycles. The Morgan fingerprint density at radius 1 is 1.82 bits per heavy atom. The number of nitrogens with two attached hydrogens (primary N) is 1. The van der Waals surface area contributed by atoms with Crippen molar-refractivity contribution < 1.29 is 14.4 Å². The fraction of sp³-hybridized carbons (Fsp3) is 0.667. The molecule has 0 unspecified atom stereocenters.